The van der Waals surface area contributed by atoms with Crippen molar-refractivity contribution in [2.75, 3.05) is 19.0 Å². The maximum absolute atomic E-state index is 12.4. The van der Waals surface area contributed by atoms with Crippen molar-refractivity contribution in [3.63, 3.8) is 0 Å². The van der Waals surface area contributed by atoms with Gasteiger partial charge in [-0.05, 0) is 36.4 Å². The molecule has 1 aromatic heterocycles. The molecular formula is C19H16BrN3O5S. The minimum Gasteiger partial charge on any atom is -0.452 e. The number of thioether (sulfide) groups is 1. The lowest BCUT2D eigenvalue weighted by atomic mass is 10.3. The fourth-order valence-electron chi connectivity index (χ4n) is 2.53. The summed E-state index contributed by atoms with van der Waals surface area (Å²) in [5, 5.41) is 2.25. The Morgan fingerprint density at radius 3 is 2.66 bits per heavy atom. The van der Waals surface area contributed by atoms with E-state index in [9.17, 15) is 19.2 Å². The molecule has 1 saturated heterocycles. The van der Waals surface area contributed by atoms with Gasteiger partial charge in [-0.25, -0.2) is 9.78 Å². The van der Waals surface area contributed by atoms with E-state index in [0.29, 0.717) is 5.69 Å². The molecule has 10 heteroatoms. The SMILES string of the molecule is CN1C(=O)CC(Sc2ncccc2C(=O)OCC(=O)Nc2ccc(Br)cc2)C1=O. The van der Waals surface area contributed by atoms with Gasteiger partial charge in [-0.2, -0.15) is 0 Å². The highest BCUT2D eigenvalue weighted by Crippen LogP contribution is 2.31. The number of esters is 1. The van der Waals surface area contributed by atoms with Crippen molar-refractivity contribution in [1.29, 1.82) is 0 Å². The van der Waals surface area contributed by atoms with Crippen molar-refractivity contribution in [2.45, 2.75) is 16.7 Å². The predicted octanol–water partition coefficient (Wildman–Crippen LogP) is 2.49. The van der Waals surface area contributed by atoms with Crippen LogP contribution in [0.5, 0.6) is 0 Å². The topological polar surface area (TPSA) is 106 Å². The zero-order valence-corrected chi connectivity index (χ0v) is 17.7. The van der Waals surface area contributed by atoms with Crippen LogP contribution in [0.4, 0.5) is 5.69 Å². The van der Waals surface area contributed by atoms with Gasteiger partial charge in [0.25, 0.3) is 5.91 Å². The van der Waals surface area contributed by atoms with Crippen LogP contribution in [0.1, 0.15) is 16.8 Å². The molecule has 1 aromatic carbocycles. The van der Waals surface area contributed by atoms with Crippen LogP contribution in [0.25, 0.3) is 0 Å². The molecule has 0 spiro atoms. The van der Waals surface area contributed by atoms with Crippen LogP contribution in [0.2, 0.25) is 0 Å². The van der Waals surface area contributed by atoms with Crippen LogP contribution >= 0.6 is 27.7 Å². The van der Waals surface area contributed by atoms with E-state index in [0.717, 1.165) is 21.1 Å². The summed E-state index contributed by atoms with van der Waals surface area (Å²) in [6.45, 7) is -0.475. The Hall–Kier alpha value is -2.72. The highest BCUT2D eigenvalue weighted by atomic mass is 79.9. The summed E-state index contributed by atoms with van der Waals surface area (Å²) in [5.41, 5.74) is 0.698. The van der Waals surface area contributed by atoms with Crippen molar-refractivity contribution in [3.8, 4) is 0 Å². The number of halogens is 1. The number of nitrogens with zero attached hydrogens (tertiary/aromatic N) is 2. The number of hydrogen-bond acceptors (Lipinski definition) is 7. The van der Waals surface area contributed by atoms with Gasteiger partial charge >= 0.3 is 5.97 Å². The number of anilines is 1. The first-order valence-electron chi connectivity index (χ1n) is 8.50. The van der Waals surface area contributed by atoms with E-state index in [4.69, 9.17) is 4.74 Å². The molecule has 2 aromatic rings. The minimum atomic E-state index is -0.739. The Morgan fingerprint density at radius 1 is 1.28 bits per heavy atom. The number of likely N-dealkylation sites (tertiary alicyclic amines) is 1. The second-order valence-electron chi connectivity index (χ2n) is 6.09. The number of nitrogens with one attached hydrogen (secondary N) is 1. The van der Waals surface area contributed by atoms with E-state index >= 15 is 0 Å². The summed E-state index contributed by atoms with van der Waals surface area (Å²) in [6.07, 6.45) is 1.52. The number of carbonyl (C=O) groups is 4. The van der Waals surface area contributed by atoms with Gasteiger partial charge in [0.2, 0.25) is 11.8 Å². The summed E-state index contributed by atoms with van der Waals surface area (Å²) in [5.74, 6) is -1.84. The number of benzene rings is 1. The highest BCUT2D eigenvalue weighted by molar-refractivity contribution is 9.10. The smallest absolute Gasteiger partial charge is 0.341 e. The molecule has 1 unspecified atom stereocenters. The van der Waals surface area contributed by atoms with Gasteiger partial charge in [0, 0.05) is 29.8 Å². The Balaban J connectivity index is 1.61. The second-order valence-corrected chi connectivity index (χ2v) is 8.20. The Labute approximate surface area is 179 Å². The molecule has 150 valence electrons. The Morgan fingerprint density at radius 2 is 2.00 bits per heavy atom. The van der Waals surface area contributed by atoms with E-state index in [1.165, 1.54) is 19.3 Å². The van der Waals surface area contributed by atoms with E-state index in [-0.39, 0.29) is 28.8 Å². The van der Waals surface area contributed by atoms with Crippen molar-refractivity contribution in [2.24, 2.45) is 0 Å². The first-order chi connectivity index (χ1) is 13.8. The van der Waals surface area contributed by atoms with Gasteiger partial charge in [-0.3, -0.25) is 19.3 Å². The number of pyridine rings is 1. The molecule has 1 fully saturated rings. The molecule has 29 heavy (non-hydrogen) atoms. The molecule has 1 aliphatic rings. The third-order valence-electron chi connectivity index (χ3n) is 4.05. The molecule has 0 radical (unpaired) electrons. The van der Waals surface area contributed by atoms with Gasteiger partial charge in [-0.1, -0.05) is 27.7 Å². The summed E-state index contributed by atoms with van der Waals surface area (Å²) in [7, 11) is 1.42. The molecule has 8 nitrogen and oxygen atoms in total. The van der Waals surface area contributed by atoms with Crippen LogP contribution in [-0.4, -0.2) is 52.5 Å². The largest absolute Gasteiger partial charge is 0.452 e. The molecule has 0 aliphatic carbocycles. The fraction of sp³-hybridized carbons (Fsp3) is 0.211. The second kappa shape index (κ2) is 9.19. The molecule has 3 rings (SSSR count). The average Bonchev–Trinajstić information content (AvgIpc) is 2.95. The van der Waals surface area contributed by atoms with Crippen molar-refractivity contribution < 1.29 is 23.9 Å². The predicted molar refractivity (Wildman–Crippen MR) is 109 cm³/mol. The van der Waals surface area contributed by atoms with E-state index in [2.05, 4.69) is 26.2 Å². The molecule has 2 heterocycles. The molecule has 1 atom stereocenters. The number of imide groups is 1. The number of carbonyl (C=O) groups excluding carboxylic acids is 4. The van der Waals surface area contributed by atoms with Crippen LogP contribution < -0.4 is 5.32 Å². The number of aromatic nitrogens is 1. The van der Waals surface area contributed by atoms with Crippen LogP contribution in [-0.2, 0) is 19.1 Å². The standard InChI is InChI=1S/C19H16BrN3O5S/c1-23-16(25)9-14(18(23)26)29-17-13(3-2-8-21-17)19(27)28-10-15(24)22-12-6-4-11(20)5-7-12/h2-8,14H,9-10H2,1H3,(H,22,24). The van der Waals surface area contributed by atoms with Crippen LogP contribution in [0.15, 0.2) is 52.1 Å². The van der Waals surface area contributed by atoms with Crippen LogP contribution in [0.3, 0.4) is 0 Å². The molecule has 1 N–H and O–H groups in total. The summed E-state index contributed by atoms with van der Waals surface area (Å²) in [4.78, 5) is 53.4. The molecule has 3 amide bonds. The lowest BCUT2D eigenvalue weighted by Crippen LogP contribution is -2.26. The maximum Gasteiger partial charge on any atom is 0.341 e. The quantitative estimate of drug-likeness (QED) is 0.503. The minimum absolute atomic E-state index is 0.0423. The van der Waals surface area contributed by atoms with Crippen molar-refractivity contribution in [3.05, 3.63) is 52.6 Å². The van der Waals surface area contributed by atoms with E-state index in [1.54, 1.807) is 30.3 Å². The molecule has 1 aliphatic heterocycles. The zero-order valence-electron chi connectivity index (χ0n) is 15.3. The van der Waals surface area contributed by atoms with E-state index < -0.39 is 23.7 Å². The lowest BCUT2D eigenvalue weighted by molar-refractivity contribution is -0.136. The Kier molecular flexibility index (Phi) is 6.65. The number of rotatable bonds is 6. The van der Waals surface area contributed by atoms with Gasteiger partial charge in [0.05, 0.1) is 10.8 Å². The van der Waals surface area contributed by atoms with Crippen molar-refractivity contribution in [1.82, 2.24) is 9.88 Å². The summed E-state index contributed by atoms with van der Waals surface area (Å²) >= 11 is 4.33. The number of ether oxygens (including phenoxy) is 1. The highest BCUT2D eigenvalue weighted by Gasteiger charge is 2.37. The van der Waals surface area contributed by atoms with Gasteiger partial charge in [0.1, 0.15) is 5.03 Å². The third kappa shape index (κ3) is 5.21. The normalized spacial score (nSPS) is 16.1. The number of amides is 3. The first kappa shape index (κ1) is 21.0. The van der Waals surface area contributed by atoms with Crippen LogP contribution in [0, 0.1) is 0 Å². The number of hydrogen-bond donors (Lipinski definition) is 1. The zero-order chi connectivity index (χ0) is 21.0. The fourth-order valence-corrected chi connectivity index (χ4v) is 3.95. The first-order valence-corrected chi connectivity index (χ1v) is 10.2. The van der Waals surface area contributed by atoms with Crippen molar-refractivity contribution >= 4 is 57.1 Å². The summed E-state index contributed by atoms with van der Waals surface area (Å²) in [6, 6.07) is 10.00. The lowest BCUT2D eigenvalue weighted by Gasteiger charge is -2.11. The Bertz CT molecular complexity index is 967. The van der Waals surface area contributed by atoms with E-state index in [1.807, 2.05) is 0 Å². The third-order valence-corrected chi connectivity index (χ3v) is 5.78. The molecule has 0 saturated carbocycles. The summed E-state index contributed by atoms with van der Waals surface area (Å²) < 4.78 is 5.96. The van der Waals surface area contributed by atoms with Gasteiger partial charge in [-0.15, -0.1) is 0 Å². The van der Waals surface area contributed by atoms with Gasteiger partial charge < -0.3 is 10.1 Å². The molecular weight excluding hydrogens is 462 g/mol. The maximum atomic E-state index is 12.4. The van der Waals surface area contributed by atoms with Gasteiger partial charge in [0.15, 0.2) is 6.61 Å². The molecule has 0 bridgehead atoms. The average molecular weight is 478 g/mol. The monoisotopic (exact) mass is 477 g/mol.